The van der Waals surface area contributed by atoms with Gasteiger partial charge in [-0.15, -0.1) is 0 Å². The van der Waals surface area contributed by atoms with E-state index in [0.717, 1.165) is 94.1 Å². The van der Waals surface area contributed by atoms with Gasteiger partial charge in [0.25, 0.3) is 0 Å². The van der Waals surface area contributed by atoms with Crippen LogP contribution >= 0.6 is 0 Å². The van der Waals surface area contributed by atoms with E-state index >= 15 is 0 Å². The van der Waals surface area contributed by atoms with Gasteiger partial charge >= 0.3 is 0 Å². The number of hydrogen-bond acceptors (Lipinski definition) is 4. The lowest BCUT2D eigenvalue weighted by atomic mass is 9.82. The van der Waals surface area contributed by atoms with E-state index in [1.54, 1.807) is 0 Å². The highest BCUT2D eigenvalue weighted by molar-refractivity contribution is 6.25. The highest BCUT2D eigenvalue weighted by atomic mass is 16.3. The molecule has 1 aliphatic rings. The Hall–Kier alpha value is -7.69. The summed E-state index contributed by atoms with van der Waals surface area (Å²) in [6.07, 6.45) is 0. The van der Waals surface area contributed by atoms with Crippen molar-refractivity contribution in [2.75, 3.05) is 0 Å². The number of fused-ring (bicyclic) bond motifs is 10. The topological polar surface area (TPSA) is 51.8 Å². The molecule has 0 bridgehead atoms. The van der Waals surface area contributed by atoms with Crippen LogP contribution in [0.4, 0.5) is 0 Å². The lowest BCUT2D eigenvalue weighted by Crippen LogP contribution is -2.14. The number of pyridine rings is 1. The smallest absolute Gasteiger partial charge is 0.160 e. The average Bonchev–Trinajstić information content (AvgIpc) is 3.81. The zero-order valence-electron chi connectivity index (χ0n) is 33.1. The molecule has 1 aliphatic carbocycles. The van der Waals surface area contributed by atoms with Crippen LogP contribution < -0.4 is 0 Å². The second-order valence-corrected chi connectivity index (χ2v) is 16.3. The molecule has 0 saturated heterocycles. The molecule has 3 heterocycles. The number of furan rings is 1. The van der Waals surface area contributed by atoms with Gasteiger partial charge in [-0.2, -0.15) is 0 Å². The first-order chi connectivity index (χ1) is 29.5. The van der Waals surface area contributed by atoms with Crippen molar-refractivity contribution in [3.63, 3.8) is 0 Å². The number of aromatic nitrogens is 3. The molecule has 0 radical (unpaired) electrons. The highest BCUT2D eigenvalue weighted by Crippen LogP contribution is 2.50. The van der Waals surface area contributed by atoms with E-state index in [2.05, 4.69) is 172 Å². The van der Waals surface area contributed by atoms with Crippen LogP contribution in [0.5, 0.6) is 0 Å². The van der Waals surface area contributed by atoms with Crippen molar-refractivity contribution in [1.29, 1.82) is 0 Å². The molecule has 0 unspecified atom stereocenters. The number of benzene rings is 8. The van der Waals surface area contributed by atoms with E-state index in [4.69, 9.17) is 19.4 Å². The normalized spacial score (nSPS) is 13.0. The van der Waals surface area contributed by atoms with E-state index in [0.29, 0.717) is 5.82 Å². The first-order valence-corrected chi connectivity index (χ1v) is 20.5. The molecule has 282 valence electrons. The Morgan fingerprint density at radius 2 is 0.983 bits per heavy atom. The van der Waals surface area contributed by atoms with Crippen LogP contribution in [0.1, 0.15) is 25.0 Å². The van der Waals surface area contributed by atoms with Gasteiger partial charge in [0, 0.05) is 60.2 Å². The minimum Gasteiger partial charge on any atom is -0.455 e. The Bertz CT molecular complexity index is 3490. The third-order valence-corrected chi connectivity index (χ3v) is 12.5. The zero-order chi connectivity index (χ0) is 40.0. The second kappa shape index (κ2) is 13.2. The van der Waals surface area contributed by atoms with Crippen molar-refractivity contribution in [2.24, 2.45) is 0 Å². The molecule has 11 aromatic rings. The van der Waals surface area contributed by atoms with Crippen LogP contribution in [0.15, 0.2) is 192 Å². The molecular weight excluding hydrogens is 731 g/mol. The molecule has 0 fully saturated rings. The van der Waals surface area contributed by atoms with Crippen molar-refractivity contribution < 1.29 is 4.42 Å². The summed E-state index contributed by atoms with van der Waals surface area (Å²) in [6.45, 7) is 4.63. The molecular formula is C56H37N3O. The van der Waals surface area contributed by atoms with E-state index in [1.807, 2.05) is 30.3 Å². The van der Waals surface area contributed by atoms with Gasteiger partial charge in [-0.05, 0) is 52.1 Å². The Morgan fingerprint density at radius 1 is 0.383 bits per heavy atom. The van der Waals surface area contributed by atoms with Crippen molar-refractivity contribution in [1.82, 2.24) is 15.0 Å². The molecule has 12 rings (SSSR count). The molecule has 0 aliphatic heterocycles. The predicted octanol–water partition coefficient (Wildman–Crippen LogP) is 14.7. The maximum absolute atomic E-state index is 7.01. The number of rotatable bonds is 5. The summed E-state index contributed by atoms with van der Waals surface area (Å²) in [5.41, 5.74) is 16.9. The fourth-order valence-corrected chi connectivity index (χ4v) is 9.49. The summed E-state index contributed by atoms with van der Waals surface area (Å²) in [6, 6.07) is 66.3. The quantitative estimate of drug-likeness (QED) is 0.164. The van der Waals surface area contributed by atoms with Crippen molar-refractivity contribution >= 4 is 43.6 Å². The molecule has 0 N–H and O–H groups in total. The van der Waals surface area contributed by atoms with Crippen molar-refractivity contribution in [2.45, 2.75) is 19.3 Å². The summed E-state index contributed by atoms with van der Waals surface area (Å²) in [5, 5.41) is 5.41. The standard InChI is InChI=1S/C56H37N3O/c1-56(2)46-22-11-9-18-40(46)45-32-38(28-31-47(45)56)50-33-49(58-55(59-50)37-16-7-4-8-17-37)35-26-24-34(25-27-35)39-20-13-21-41-42-29-30-44-51(54(42)60-53(39)41)43-19-10-12-23-48(43)57-52(44)36-14-5-3-6-15-36/h3-33H,1-2H3. The summed E-state index contributed by atoms with van der Waals surface area (Å²) in [7, 11) is 0. The molecule has 0 amide bonds. The fraction of sp³-hybridized carbons (Fsp3) is 0.0536. The van der Waals surface area contributed by atoms with Gasteiger partial charge in [0.15, 0.2) is 5.82 Å². The van der Waals surface area contributed by atoms with E-state index in [9.17, 15) is 0 Å². The summed E-state index contributed by atoms with van der Waals surface area (Å²) < 4.78 is 7.01. The lowest BCUT2D eigenvalue weighted by molar-refractivity contribution is 0.660. The molecule has 4 nitrogen and oxygen atoms in total. The minimum absolute atomic E-state index is 0.0590. The zero-order valence-corrected chi connectivity index (χ0v) is 33.1. The SMILES string of the molecule is CC1(C)c2ccccc2-c2cc(-c3cc(-c4ccc(-c5cccc6c5oc5c6ccc6c(-c7ccccc7)nc7ccccc7c65)cc4)nc(-c4ccccc4)n3)ccc21. The fourth-order valence-electron chi connectivity index (χ4n) is 9.49. The first-order valence-electron chi connectivity index (χ1n) is 20.5. The van der Waals surface area contributed by atoms with Gasteiger partial charge in [0.05, 0.1) is 22.6 Å². The Kier molecular flexibility index (Phi) is 7.54. The molecule has 8 aromatic carbocycles. The van der Waals surface area contributed by atoms with Crippen LogP contribution in [0.2, 0.25) is 0 Å². The Morgan fingerprint density at radius 3 is 1.80 bits per heavy atom. The molecule has 60 heavy (non-hydrogen) atoms. The van der Waals surface area contributed by atoms with Gasteiger partial charge in [-0.25, -0.2) is 15.0 Å². The maximum Gasteiger partial charge on any atom is 0.160 e. The maximum atomic E-state index is 7.01. The highest BCUT2D eigenvalue weighted by Gasteiger charge is 2.35. The molecule has 0 atom stereocenters. The first kappa shape index (κ1) is 34.4. The molecule has 0 spiro atoms. The van der Waals surface area contributed by atoms with Gasteiger partial charge in [-0.1, -0.05) is 178 Å². The number of hydrogen-bond donors (Lipinski definition) is 0. The summed E-state index contributed by atoms with van der Waals surface area (Å²) in [4.78, 5) is 15.5. The van der Waals surface area contributed by atoms with Crippen LogP contribution in [0.3, 0.4) is 0 Å². The summed E-state index contributed by atoms with van der Waals surface area (Å²) in [5.74, 6) is 0.700. The minimum atomic E-state index is -0.0590. The molecule has 4 heteroatoms. The molecule has 0 saturated carbocycles. The van der Waals surface area contributed by atoms with Crippen molar-refractivity contribution in [3.8, 4) is 67.4 Å². The third kappa shape index (κ3) is 5.27. The summed E-state index contributed by atoms with van der Waals surface area (Å²) >= 11 is 0. The monoisotopic (exact) mass is 767 g/mol. The largest absolute Gasteiger partial charge is 0.455 e. The Balaban J connectivity index is 0.982. The van der Waals surface area contributed by atoms with Crippen LogP contribution in [-0.2, 0) is 5.41 Å². The van der Waals surface area contributed by atoms with Gasteiger partial charge in [0.1, 0.15) is 11.2 Å². The van der Waals surface area contributed by atoms with E-state index in [-0.39, 0.29) is 5.41 Å². The average molecular weight is 768 g/mol. The Labute approximate surface area is 347 Å². The molecule has 3 aromatic heterocycles. The number of nitrogens with zero attached hydrogens (tertiary/aromatic N) is 3. The third-order valence-electron chi connectivity index (χ3n) is 12.5. The lowest BCUT2D eigenvalue weighted by Gasteiger charge is -2.21. The van der Waals surface area contributed by atoms with Crippen LogP contribution in [0.25, 0.3) is 111 Å². The van der Waals surface area contributed by atoms with Gasteiger partial charge in [-0.3, -0.25) is 0 Å². The second-order valence-electron chi connectivity index (χ2n) is 16.3. The van der Waals surface area contributed by atoms with E-state index in [1.165, 1.54) is 22.3 Å². The van der Waals surface area contributed by atoms with E-state index < -0.39 is 0 Å². The number of para-hydroxylation sites is 2. The van der Waals surface area contributed by atoms with Crippen LogP contribution in [-0.4, -0.2) is 15.0 Å². The van der Waals surface area contributed by atoms with Crippen LogP contribution in [0, 0.1) is 0 Å². The van der Waals surface area contributed by atoms with Gasteiger partial charge in [0.2, 0.25) is 0 Å². The van der Waals surface area contributed by atoms with Gasteiger partial charge < -0.3 is 4.42 Å². The predicted molar refractivity (Wildman–Crippen MR) is 247 cm³/mol. The van der Waals surface area contributed by atoms with Crippen molar-refractivity contribution in [3.05, 3.63) is 199 Å².